The van der Waals surface area contributed by atoms with Crippen molar-refractivity contribution in [1.82, 2.24) is 0 Å². The van der Waals surface area contributed by atoms with E-state index in [1.807, 2.05) is 0 Å². The SMILES string of the molecule is [B]C(=O)c1ccccc1Cl. The zero-order valence-corrected chi connectivity index (χ0v) is 5.93. The van der Waals surface area contributed by atoms with Crippen molar-refractivity contribution in [3.05, 3.63) is 34.9 Å². The predicted octanol–water partition coefficient (Wildman–Crippen LogP) is 1.65. The zero-order chi connectivity index (χ0) is 7.56. The summed E-state index contributed by atoms with van der Waals surface area (Å²) in [5.74, 6) is 0. The molecule has 0 saturated heterocycles. The van der Waals surface area contributed by atoms with Crippen molar-refractivity contribution < 1.29 is 4.79 Å². The Kier molecular flexibility index (Phi) is 2.12. The van der Waals surface area contributed by atoms with Crippen LogP contribution in [-0.2, 0) is 0 Å². The maximum atomic E-state index is 10.6. The lowest BCUT2D eigenvalue weighted by atomic mass is 9.95. The van der Waals surface area contributed by atoms with E-state index in [0.29, 0.717) is 10.6 Å². The van der Waals surface area contributed by atoms with Crippen LogP contribution in [0.25, 0.3) is 0 Å². The molecule has 48 valence electrons. The maximum Gasteiger partial charge on any atom is 0.175 e. The Morgan fingerprint density at radius 3 is 2.40 bits per heavy atom. The molecule has 0 aliphatic rings. The third-order valence-electron chi connectivity index (χ3n) is 1.14. The van der Waals surface area contributed by atoms with Crippen LogP contribution < -0.4 is 0 Å². The number of hydrogen-bond acceptors (Lipinski definition) is 1. The molecule has 1 rings (SSSR count). The van der Waals surface area contributed by atoms with Gasteiger partial charge in [0.1, 0.15) is 5.68 Å². The van der Waals surface area contributed by atoms with Gasteiger partial charge in [-0.1, -0.05) is 29.8 Å². The summed E-state index contributed by atoms with van der Waals surface area (Å²) in [5, 5.41) is 0.398. The van der Waals surface area contributed by atoms with Gasteiger partial charge in [-0.15, -0.1) is 0 Å². The number of benzene rings is 1. The minimum Gasteiger partial charge on any atom is -0.307 e. The molecule has 0 aliphatic heterocycles. The summed E-state index contributed by atoms with van der Waals surface area (Å²) in [6.07, 6.45) is 0. The average Bonchev–Trinajstić information content (AvgIpc) is 1.88. The molecule has 10 heavy (non-hydrogen) atoms. The second kappa shape index (κ2) is 2.89. The highest BCUT2D eigenvalue weighted by molar-refractivity contribution is 6.63. The topological polar surface area (TPSA) is 17.1 Å². The molecule has 0 fully saturated rings. The molecule has 2 radical (unpaired) electrons. The molecular formula is C7H4BClO. The number of rotatable bonds is 1. The van der Waals surface area contributed by atoms with Gasteiger partial charge in [0.25, 0.3) is 0 Å². The van der Waals surface area contributed by atoms with Gasteiger partial charge in [-0.05, 0) is 6.07 Å². The average molecular weight is 150 g/mol. The first-order chi connectivity index (χ1) is 4.72. The summed E-state index contributed by atoms with van der Waals surface area (Å²) >= 11 is 5.62. The Balaban J connectivity index is 3.15. The Labute approximate surface area is 65.4 Å². The largest absolute Gasteiger partial charge is 0.307 e. The van der Waals surface area contributed by atoms with Crippen molar-refractivity contribution in [2.75, 3.05) is 0 Å². The van der Waals surface area contributed by atoms with Gasteiger partial charge >= 0.3 is 0 Å². The van der Waals surface area contributed by atoms with Gasteiger partial charge in [0.15, 0.2) is 7.85 Å². The quantitative estimate of drug-likeness (QED) is 0.556. The first-order valence-corrected chi connectivity index (χ1v) is 3.14. The van der Waals surface area contributed by atoms with E-state index in [9.17, 15) is 4.79 Å². The molecule has 0 atom stereocenters. The standard InChI is InChI=1S/C7H4BClO/c8-7(10)5-3-1-2-4-6(5)9/h1-4H. The molecule has 0 unspecified atom stereocenters. The Morgan fingerprint density at radius 2 is 2.00 bits per heavy atom. The van der Waals surface area contributed by atoms with Crippen LogP contribution >= 0.6 is 11.6 Å². The molecule has 0 amide bonds. The van der Waals surface area contributed by atoms with Crippen LogP contribution in [0.15, 0.2) is 24.3 Å². The van der Waals surface area contributed by atoms with E-state index in [-0.39, 0.29) is 0 Å². The van der Waals surface area contributed by atoms with E-state index >= 15 is 0 Å². The van der Waals surface area contributed by atoms with E-state index in [2.05, 4.69) is 0 Å². The summed E-state index contributed by atoms with van der Waals surface area (Å²) in [6, 6.07) is 6.67. The molecule has 0 saturated carbocycles. The molecule has 1 aromatic carbocycles. The second-order valence-corrected chi connectivity index (χ2v) is 2.25. The van der Waals surface area contributed by atoms with Gasteiger partial charge in [-0.3, -0.25) is 0 Å². The molecule has 1 aromatic rings. The lowest BCUT2D eigenvalue weighted by molar-refractivity contribution is 0.108. The Bertz CT molecular complexity index is 260. The van der Waals surface area contributed by atoms with E-state index in [4.69, 9.17) is 19.4 Å². The van der Waals surface area contributed by atoms with Crippen molar-refractivity contribution >= 4 is 25.1 Å². The highest BCUT2D eigenvalue weighted by Crippen LogP contribution is 2.13. The number of halogens is 1. The lowest BCUT2D eigenvalue weighted by Gasteiger charge is -1.96. The van der Waals surface area contributed by atoms with Gasteiger partial charge in [-0.25, -0.2) is 0 Å². The number of carbonyl (C=O) groups excluding carboxylic acids is 1. The Morgan fingerprint density at radius 1 is 1.40 bits per heavy atom. The van der Waals surface area contributed by atoms with Crippen molar-refractivity contribution in [2.45, 2.75) is 0 Å². The molecule has 3 heteroatoms. The first-order valence-electron chi connectivity index (χ1n) is 2.76. The van der Waals surface area contributed by atoms with Crippen LogP contribution in [0.3, 0.4) is 0 Å². The van der Waals surface area contributed by atoms with Crippen molar-refractivity contribution in [2.24, 2.45) is 0 Å². The molecule has 0 spiro atoms. The van der Waals surface area contributed by atoms with Crippen LogP contribution in [0.1, 0.15) is 10.4 Å². The van der Waals surface area contributed by atoms with Crippen LogP contribution in [0.5, 0.6) is 0 Å². The fourth-order valence-corrected chi connectivity index (χ4v) is 0.890. The lowest BCUT2D eigenvalue weighted by Crippen LogP contribution is -1.96. The fourth-order valence-electron chi connectivity index (χ4n) is 0.661. The fraction of sp³-hybridized carbons (Fsp3) is 0. The van der Waals surface area contributed by atoms with Gasteiger partial charge in [0.05, 0.1) is 5.02 Å². The van der Waals surface area contributed by atoms with E-state index in [1.165, 1.54) is 0 Å². The summed E-state index contributed by atoms with van der Waals surface area (Å²) in [6.45, 7) is 0. The van der Waals surface area contributed by atoms with Crippen LogP contribution in [0.2, 0.25) is 5.02 Å². The van der Waals surface area contributed by atoms with E-state index in [1.54, 1.807) is 24.3 Å². The molecule has 0 N–H and O–H groups in total. The van der Waals surface area contributed by atoms with E-state index in [0.717, 1.165) is 0 Å². The van der Waals surface area contributed by atoms with Crippen LogP contribution in [0, 0.1) is 0 Å². The smallest absolute Gasteiger partial charge is 0.175 e. The highest BCUT2D eigenvalue weighted by Gasteiger charge is 2.00. The van der Waals surface area contributed by atoms with Gasteiger partial charge in [-0.2, -0.15) is 0 Å². The highest BCUT2D eigenvalue weighted by atomic mass is 35.5. The van der Waals surface area contributed by atoms with Crippen molar-refractivity contribution in [3.8, 4) is 0 Å². The zero-order valence-electron chi connectivity index (χ0n) is 5.17. The summed E-state index contributed by atoms with van der Waals surface area (Å²) in [5.41, 5.74) is -0.130. The third-order valence-corrected chi connectivity index (χ3v) is 1.47. The van der Waals surface area contributed by atoms with Crippen molar-refractivity contribution in [1.29, 1.82) is 0 Å². The molecule has 0 aliphatic carbocycles. The number of hydrogen-bond donors (Lipinski definition) is 0. The van der Waals surface area contributed by atoms with Crippen LogP contribution in [0.4, 0.5) is 0 Å². The summed E-state index contributed by atoms with van der Waals surface area (Å²) in [7, 11) is 4.99. The van der Waals surface area contributed by atoms with Gasteiger partial charge < -0.3 is 4.79 Å². The van der Waals surface area contributed by atoms with Gasteiger partial charge in [0, 0.05) is 5.56 Å². The predicted molar refractivity (Wildman–Crippen MR) is 41.5 cm³/mol. The third kappa shape index (κ3) is 1.39. The maximum absolute atomic E-state index is 10.6. The molecule has 0 heterocycles. The first kappa shape index (κ1) is 7.35. The summed E-state index contributed by atoms with van der Waals surface area (Å²) in [4.78, 5) is 10.6. The van der Waals surface area contributed by atoms with E-state index < -0.39 is 5.68 Å². The monoisotopic (exact) mass is 150 g/mol. The van der Waals surface area contributed by atoms with Crippen molar-refractivity contribution in [3.63, 3.8) is 0 Å². The summed E-state index contributed by atoms with van der Waals surface area (Å²) < 4.78 is 0. The van der Waals surface area contributed by atoms with Crippen LogP contribution in [-0.4, -0.2) is 13.5 Å². The molecule has 0 aromatic heterocycles. The minimum atomic E-state index is -0.495. The molecule has 0 bridgehead atoms. The van der Waals surface area contributed by atoms with Gasteiger partial charge in [0.2, 0.25) is 0 Å². The molecule has 1 nitrogen and oxygen atoms in total. The Hall–Kier alpha value is -0.755. The minimum absolute atomic E-state index is 0.365. The normalized spacial score (nSPS) is 9.30. The second-order valence-electron chi connectivity index (χ2n) is 1.84. The number of carbonyl (C=O) groups is 1. The molecular weight excluding hydrogens is 146 g/mol.